The molecule has 0 radical (unpaired) electrons. The Morgan fingerprint density at radius 1 is 1.22 bits per heavy atom. The van der Waals surface area contributed by atoms with Crippen LogP contribution in [-0.4, -0.2) is 19.8 Å². The number of rotatable bonds is 1. The van der Waals surface area contributed by atoms with E-state index >= 15 is 0 Å². The van der Waals surface area contributed by atoms with Crippen molar-refractivity contribution in [3.8, 4) is 0 Å². The molecule has 0 bridgehead atoms. The number of ether oxygens (including phenoxy) is 1. The van der Waals surface area contributed by atoms with Gasteiger partial charge in [-0.1, -0.05) is 24.3 Å². The summed E-state index contributed by atoms with van der Waals surface area (Å²) in [4.78, 5) is 3.43. The summed E-state index contributed by atoms with van der Waals surface area (Å²) in [5.41, 5.74) is 2.48. The Bertz CT molecular complexity index is 454. The van der Waals surface area contributed by atoms with E-state index in [1.807, 2.05) is 12.1 Å². The summed E-state index contributed by atoms with van der Waals surface area (Å²) in [6.45, 7) is 9.89. The molecule has 3 rings (SSSR count). The monoisotopic (exact) mass is 242 g/mol. The molecule has 94 valence electrons. The van der Waals surface area contributed by atoms with Crippen molar-refractivity contribution in [2.75, 3.05) is 19.8 Å². The highest BCUT2D eigenvalue weighted by Crippen LogP contribution is 2.43. The molecule has 18 heavy (non-hydrogen) atoms. The quantitative estimate of drug-likeness (QED) is 0.766. The Hall–Kier alpha value is -1.37. The standard InChI is InChI=1S/C15H18N2O/c1-16-13-4-2-12(3-5-13)14-10-15(11-17-14)6-8-18-9-7-15/h2-5,14,17H,6-11H2. The molecular formula is C15H18N2O. The molecule has 3 heteroatoms. The van der Waals surface area contributed by atoms with Gasteiger partial charge in [-0.3, -0.25) is 0 Å². The lowest BCUT2D eigenvalue weighted by Crippen LogP contribution is -2.31. The van der Waals surface area contributed by atoms with E-state index in [4.69, 9.17) is 11.3 Å². The molecule has 1 unspecified atom stereocenters. The van der Waals surface area contributed by atoms with Crippen molar-refractivity contribution in [2.24, 2.45) is 5.41 Å². The van der Waals surface area contributed by atoms with Crippen LogP contribution in [0.5, 0.6) is 0 Å². The first-order chi connectivity index (χ1) is 8.81. The molecule has 2 heterocycles. The average Bonchev–Trinajstić information content (AvgIpc) is 2.83. The smallest absolute Gasteiger partial charge is 0.187 e. The zero-order chi connectivity index (χ0) is 12.4. The van der Waals surface area contributed by atoms with E-state index < -0.39 is 0 Å². The Balaban J connectivity index is 1.72. The summed E-state index contributed by atoms with van der Waals surface area (Å²) in [6.07, 6.45) is 3.56. The van der Waals surface area contributed by atoms with Crippen LogP contribution >= 0.6 is 0 Å². The number of nitrogens with one attached hydrogen (secondary N) is 1. The molecule has 3 nitrogen and oxygen atoms in total. The average molecular weight is 242 g/mol. The van der Waals surface area contributed by atoms with Crippen molar-refractivity contribution >= 4 is 5.69 Å². The van der Waals surface area contributed by atoms with Crippen molar-refractivity contribution in [3.05, 3.63) is 41.2 Å². The van der Waals surface area contributed by atoms with E-state index in [-0.39, 0.29) is 0 Å². The Labute approximate surface area is 108 Å². The van der Waals surface area contributed by atoms with Crippen LogP contribution in [0.3, 0.4) is 0 Å². The molecule has 0 aliphatic carbocycles. The van der Waals surface area contributed by atoms with Crippen LogP contribution in [0.4, 0.5) is 5.69 Å². The lowest BCUT2D eigenvalue weighted by molar-refractivity contribution is 0.0234. The predicted molar refractivity (Wildman–Crippen MR) is 70.6 cm³/mol. The van der Waals surface area contributed by atoms with E-state index in [1.165, 1.54) is 24.8 Å². The summed E-state index contributed by atoms with van der Waals surface area (Å²) < 4.78 is 5.47. The van der Waals surface area contributed by atoms with Gasteiger partial charge in [0.25, 0.3) is 0 Å². The van der Waals surface area contributed by atoms with Crippen LogP contribution < -0.4 is 5.32 Å². The van der Waals surface area contributed by atoms with E-state index in [9.17, 15) is 0 Å². The SMILES string of the molecule is [C-]#[N+]c1ccc(C2CC3(CCOCC3)CN2)cc1. The van der Waals surface area contributed by atoms with Crippen molar-refractivity contribution in [2.45, 2.75) is 25.3 Å². The largest absolute Gasteiger partial charge is 0.381 e. The molecule has 0 amide bonds. The summed E-state index contributed by atoms with van der Waals surface area (Å²) >= 11 is 0. The highest BCUT2D eigenvalue weighted by Gasteiger charge is 2.40. The van der Waals surface area contributed by atoms with Gasteiger partial charge in [0.1, 0.15) is 0 Å². The van der Waals surface area contributed by atoms with Crippen molar-refractivity contribution in [1.29, 1.82) is 0 Å². The second kappa shape index (κ2) is 4.72. The van der Waals surface area contributed by atoms with Gasteiger partial charge in [-0.15, -0.1) is 0 Å². The summed E-state index contributed by atoms with van der Waals surface area (Å²) in [6, 6.07) is 8.45. The zero-order valence-corrected chi connectivity index (χ0v) is 10.5. The third-order valence-electron chi connectivity index (χ3n) is 4.34. The van der Waals surface area contributed by atoms with Gasteiger partial charge in [-0.25, -0.2) is 4.85 Å². The molecule has 1 spiro atoms. The molecule has 1 aromatic rings. The van der Waals surface area contributed by atoms with Crippen LogP contribution in [-0.2, 0) is 4.74 Å². The molecule has 2 saturated heterocycles. The molecular weight excluding hydrogens is 224 g/mol. The summed E-state index contributed by atoms with van der Waals surface area (Å²) in [5.74, 6) is 0. The summed E-state index contributed by atoms with van der Waals surface area (Å²) in [7, 11) is 0. The van der Waals surface area contributed by atoms with Gasteiger partial charge in [-0.05, 0) is 30.2 Å². The number of hydrogen-bond acceptors (Lipinski definition) is 2. The lowest BCUT2D eigenvalue weighted by atomic mass is 9.77. The van der Waals surface area contributed by atoms with Crippen molar-refractivity contribution in [1.82, 2.24) is 5.32 Å². The minimum Gasteiger partial charge on any atom is -0.381 e. The maximum atomic E-state index is 6.97. The molecule has 1 N–H and O–H groups in total. The molecule has 2 fully saturated rings. The van der Waals surface area contributed by atoms with Gasteiger partial charge in [-0.2, -0.15) is 0 Å². The normalized spacial score (nSPS) is 26.1. The minimum absolute atomic E-state index is 0.446. The van der Waals surface area contributed by atoms with E-state index in [0.29, 0.717) is 11.5 Å². The first-order valence-corrected chi connectivity index (χ1v) is 6.60. The minimum atomic E-state index is 0.446. The fourth-order valence-corrected chi connectivity index (χ4v) is 3.12. The van der Waals surface area contributed by atoms with Gasteiger partial charge in [0.05, 0.1) is 6.57 Å². The summed E-state index contributed by atoms with van der Waals surface area (Å²) in [5, 5.41) is 3.64. The lowest BCUT2D eigenvalue weighted by Gasteiger charge is -2.32. The van der Waals surface area contributed by atoms with Gasteiger partial charge in [0, 0.05) is 25.8 Å². The van der Waals surface area contributed by atoms with Gasteiger partial charge < -0.3 is 10.1 Å². The van der Waals surface area contributed by atoms with Gasteiger partial charge >= 0.3 is 0 Å². The van der Waals surface area contributed by atoms with Gasteiger partial charge in [0.2, 0.25) is 0 Å². The van der Waals surface area contributed by atoms with Crippen LogP contribution in [0, 0.1) is 12.0 Å². The van der Waals surface area contributed by atoms with E-state index in [2.05, 4.69) is 22.3 Å². The fourth-order valence-electron chi connectivity index (χ4n) is 3.12. The topological polar surface area (TPSA) is 25.6 Å². The second-order valence-electron chi connectivity index (χ2n) is 5.45. The first-order valence-electron chi connectivity index (χ1n) is 6.60. The number of benzene rings is 1. The van der Waals surface area contributed by atoms with Crippen molar-refractivity contribution in [3.63, 3.8) is 0 Å². The molecule has 2 aliphatic rings. The van der Waals surface area contributed by atoms with Crippen LogP contribution in [0.1, 0.15) is 30.9 Å². The van der Waals surface area contributed by atoms with Crippen molar-refractivity contribution < 1.29 is 4.74 Å². The first kappa shape index (κ1) is 11.7. The highest BCUT2D eigenvalue weighted by molar-refractivity contribution is 5.46. The Kier molecular flexibility index (Phi) is 3.07. The third kappa shape index (κ3) is 2.14. The molecule has 2 aliphatic heterocycles. The predicted octanol–water partition coefficient (Wildman–Crippen LogP) is 3.07. The highest BCUT2D eigenvalue weighted by atomic mass is 16.5. The Morgan fingerprint density at radius 2 is 1.94 bits per heavy atom. The zero-order valence-electron chi connectivity index (χ0n) is 10.5. The van der Waals surface area contributed by atoms with Crippen LogP contribution in [0.25, 0.3) is 4.85 Å². The maximum Gasteiger partial charge on any atom is 0.187 e. The molecule has 1 atom stereocenters. The fraction of sp³-hybridized carbons (Fsp3) is 0.533. The second-order valence-corrected chi connectivity index (χ2v) is 5.45. The molecule has 0 aromatic heterocycles. The number of nitrogens with zero attached hydrogens (tertiary/aromatic N) is 1. The van der Waals surface area contributed by atoms with Crippen LogP contribution in [0.2, 0.25) is 0 Å². The van der Waals surface area contributed by atoms with E-state index in [0.717, 1.165) is 25.4 Å². The van der Waals surface area contributed by atoms with Gasteiger partial charge in [0.15, 0.2) is 5.69 Å². The Morgan fingerprint density at radius 3 is 2.61 bits per heavy atom. The molecule has 1 aromatic carbocycles. The maximum absolute atomic E-state index is 6.97. The number of hydrogen-bond donors (Lipinski definition) is 1. The van der Waals surface area contributed by atoms with Crippen LogP contribution in [0.15, 0.2) is 24.3 Å². The molecule has 0 saturated carbocycles. The van der Waals surface area contributed by atoms with E-state index in [1.54, 1.807) is 0 Å². The third-order valence-corrected chi connectivity index (χ3v) is 4.34.